The lowest BCUT2D eigenvalue weighted by Gasteiger charge is -2.28. The molecule has 1 aliphatic heterocycles. The first-order valence-corrected chi connectivity index (χ1v) is 10.7. The van der Waals surface area contributed by atoms with Crippen LogP contribution in [0.2, 0.25) is 0 Å². The molecule has 168 valence electrons. The second-order valence-electron chi connectivity index (χ2n) is 8.34. The van der Waals surface area contributed by atoms with Crippen molar-refractivity contribution in [2.24, 2.45) is 0 Å². The maximum Gasteiger partial charge on any atom is 0.247 e. The van der Waals surface area contributed by atoms with E-state index in [4.69, 9.17) is 4.74 Å². The summed E-state index contributed by atoms with van der Waals surface area (Å²) in [6.07, 6.45) is 8.52. The van der Waals surface area contributed by atoms with E-state index in [0.29, 0.717) is 30.2 Å². The van der Waals surface area contributed by atoms with E-state index in [1.54, 1.807) is 30.7 Å². The number of fused-ring (bicyclic) bond motifs is 1. The molecule has 5 rings (SSSR count). The molecule has 0 aromatic carbocycles. The number of hydrogen-bond donors (Lipinski definition) is 1. The lowest BCUT2D eigenvalue weighted by Crippen LogP contribution is -2.30. The Bertz CT molecular complexity index is 1340. The molecule has 1 fully saturated rings. The van der Waals surface area contributed by atoms with Crippen molar-refractivity contribution in [3.63, 3.8) is 0 Å². The van der Waals surface area contributed by atoms with Gasteiger partial charge in [-0.05, 0) is 24.1 Å². The van der Waals surface area contributed by atoms with Crippen molar-refractivity contribution in [1.82, 2.24) is 29.5 Å². The Morgan fingerprint density at radius 3 is 2.79 bits per heavy atom. The highest BCUT2D eigenvalue weighted by Crippen LogP contribution is 2.29. The number of carbonyl (C=O) groups is 2. The SMILES string of the molecule is CC(C)c1cn(CC(=O)Nc2cc(C(=O)c3cn(C4COC4)c4ccncc34)ccn2)nn1. The fourth-order valence-corrected chi connectivity index (χ4v) is 3.75. The van der Waals surface area contributed by atoms with Gasteiger partial charge in [-0.15, -0.1) is 5.10 Å². The van der Waals surface area contributed by atoms with Gasteiger partial charge in [0.1, 0.15) is 12.4 Å². The molecule has 4 aromatic heterocycles. The van der Waals surface area contributed by atoms with Crippen LogP contribution in [0.15, 0.2) is 49.2 Å². The monoisotopic (exact) mass is 445 g/mol. The average Bonchev–Trinajstić information content (AvgIpc) is 3.38. The molecule has 1 N–H and O–H groups in total. The number of ketones is 1. The molecule has 10 heteroatoms. The highest BCUT2D eigenvalue weighted by molar-refractivity contribution is 6.16. The van der Waals surface area contributed by atoms with Crippen molar-refractivity contribution in [3.05, 3.63) is 66.0 Å². The Balaban J connectivity index is 1.36. The minimum atomic E-state index is -0.307. The van der Waals surface area contributed by atoms with Gasteiger partial charge in [-0.25, -0.2) is 9.67 Å². The number of nitrogens with zero attached hydrogens (tertiary/aromatic N) is 6. The number of rotatable bonds is 7. The molecule has 0 saturated carbocycles. The van der Waals surface area contributed by atoms with Crippen LogP contribution >= 0.6 is 0 Å². The standard InChI is InChI=1S/C23H23N7O3/c1-14(2)19-10-29(28-27-19)11-22(31)26-21-7-15(3-6-25-21)23(32)18-9-30(16-12-33-13-16)20-4-5-24-8-17(18)20/h3-10,14,16H,11-13H2,1-2H3,(H,25,26,31). The van der Waals surface area contributed by atoms with E-state index in [0.717, 1.165) is 16.6 Å². The quantitative estimate of drug-likeness (QED) is 0.435. The van der Waals surface area contributed by atoms with Crippen LogP contribution in [0.4, 0.5) is 5.82 Å². The molecule has 33 heavy (non-hydrogen) atoms. The largest absolute Gasteiger partial charge is 0.377 e. The van der Waals surface area contributed by atoms with Crippen molar-refractivity contribution in [1.29, 1.82) is 0 Å². The maximum absolute atomic E-state index is 13.4. The summed E-state index contributed by atoms with van der Waals surface area (Å²) in [6, 6.07) is 5.32. The van der Waals surface area contributed by atoms with Crippen LogP contribution < -0.4 is 5.32 Å². The lowest BCUT2D eigenvalue weighted by atomic mass is 10.0. The second-order valence-corrected chi connectivity index (χ2v) is 8.34. The minimum Gasteiger partial charge on any atom is -0.377 e. The molecule has 0 spiro atoms. The zero-order chi connectivity index (χ0) is 22.9. The number of carbonyl (C=O) groups excluding carboxylic acids is 2. The average molecular weight is 445 g/mol. The van der Waals surface area contributed by atoms with Crippen molar-refractivity contribution in [3.8, 4) is 0 Å². The molecular formula is C23H23N7O3. The number of hydrogen-bond acceptors (Lipinski definition) is 7. The molecule has 1 aliphatic rings. The van der Waals surface area contributed by atoms with E-state index in [9.17, 15) is 9.59 Å². The van der Waals surface area contributed by atoms with Gasteiger partial charge < -0.3 is 14.6 Å². The number of nitrogens with one attached hydrogen (secondary N) is 1. The molecular weight excluding hydrogens is 422 g/mol. The first-order chi connectivity index (χ1) is 16.0. The number of anilines is 1. The highest BCUT2D eigenvalue weighted by atomic mass is 16.5. The van der Waals surface area contributed by atoms with Crippen LogP contribution in [0.3, 0.4) is 0 Å². The topological polar surface area (TPSA) is 117 Å². The summed E-state index contributed by atoms with van der Waals surface area (Å²) in [5.41, 5.74) is 2.74. The molecule has 10 nitrogen and oxygen atoms in total. The van der Waals surface area contributed by atoms with E-state index < -0.39 is 0 Å². The molecule has 0 radical (unpaired) electrons. The molecule has 1 saturated heterocycles. The van der Waals surface area contributed by atoms with Gasteiger partial charge in [0.2, 0.25) is 5.91 Å². The Morgan fingerprint density at radius 2 is 2.06 bits per heavy atom. The summed E-state index contributed by atoms with van der Waals surface area (Å²) in [5, 5.41) is 11.5. The van der Waals surface area contributed by atoms with Crippen LogP contribution in [0, 0.1) is 0 Å². The smallest absolute Gasteiger partial charge is 0.247 e. The van der Waals surface area contributed by atoms with Crippen molar-refractivity contribution >= 4 is 28.4 Å². The van der Waals surface area contributed by atoms with Crippen molar-refractivity contribution in [2.75, 3.05) is 18.5 Å². The van der Waals surface area contributed by atoms with E-state index in [1.807, 2.05) is 26.1 Å². The zero-order valence-electron chi connectivity index (χ0n) is 18.3. The van der Waals surface area contributed by atoms with Gasteiger partial charge in [0, 0.05) is 47.5 Å². The van der Waals surface area contributed by atoms with Gasteiger partial charge in [-0.2, -0.15) is 0 Å². The predicted molar refractivity (Wildman–Crippen MR) is 120 cm³/mol. The van der Waals surface area contributed by atoms with Gasteiger partial charge in [0.25, 0.3) is 0 Å². The molecule has 1 amide bonds. The summed E-state index contributed by atoms with van der Waals surface area (Å²) in [4.78, 5) is 34.2. The van der Waals surface area contributed by atoms with Crippen LogP contribution in [-0.2, 0) is 16.1 Å². The Morgan fingerprint density at radius 1 is 1.21 bits per heavy atom. The normalized spacial score (nSPS) is 13.9. The van der Waals surface area contributed by atoms with Gasteiger partial charge in [-0.1, -0.05) is 19.1 Å². The fourth-order valence-electron chi connectivity index (χ4n) is 3.75. The first kappa shape index (κ1) is 21.0. The third-order valence-corrected chi connectivity index (χ3v) is 5.64. The van der Waals surface area contributed by atoms with Gasteiger partial charge in [0.15, 0.2) is 5.78 Å². The Kier molecular flexibility index (Phi) is 5.43. The summed E-state index contributed by atoms with van der Waals surface area (Å²) < 4.78 is 8.87. The Hall–Kier alpha value is -3.92. The molecule has 0 unspecified atom stereocenters. The third kappa shape index (κ3) is 4.12. The third-order valence-electron chi connectivity index (χ3n) is 5.64. The lowest BCUT2D eigenvalue weighted by molar-refractivity contribution is -0.117. The Labute approximate surface area is 189 Å². The van der Waals surface area contributed by atoms with Gasteiger partial charge in [-0.3, -0.25) is 14.6 Å². The number of aromatic nitrogens is 6. The minimum absolute atomic E-state index is 0.00217. The number of amides is 1. The van der Waals surface area contributed by atoms with Crippen LogP contribution in [0.1, 0.15) is 47.4 Å². The van der Waals surface area contributed by atoms with E-state index >= 15 is 0 Å². The van der Waals surface area contributed by atoms with E-state index in [2.05, 4.69) is 30.2 Å². The van der Waals surface area contributed by atoms with Gasteiger partial charge >= 0.3 is 0 Å². The summed E-state index contributed by atoms with van der Waals surface area (Å²) >= 11 is 0. The molecule has 0 bridgehead atoms. The summed E-state index contributed by atoms with van der Waals surface area (Å²) in [5.74, 6) is 0.0503. The van der Waals surface area contributed by atoms with Gasteiger partial charge in [0.05, 0.1) is 30.5 Å². The summed E-state index contributed by atoms with van der Waals surface area (Å²) in [7, 11) is 0. The molecule has 4 aromatic rings. The number of pyridine rings is 2. The summed E-state index contributed by atoms with van der Waals surface area (Å²) in [6.45, 7) is 5.26. The predicted octanol–water partition coefficient (Wildman–Crippen LogP) is 2.59. The highest BCUT2D eigenvalue weighted by Gasteiger charge is 2.25. The van der Waals surface area contributed by atoms with E-state index in [-0.39, 0.29) is 30.2 Å². The zero-order valence-corrected chi connectivity index (χ0v) is 18.3. The second kappa shape index (κ2) is 8.55. The molecule has 0 atom stereocenters. The number of ether oxygens (including phenoxy) is 1. The van der Waals surface area contributed by atoms with Crippen LogP contribution in [-0.4, -0.2) is 54.4 Å². The maximum atomic E-state index is 13.4. The van der Waals surface area contributed by atoms with Crippen molar-refractivity contribution < 1.29 is 14.3 Å². The van der Waals surface area contributed by atoms with Crippen molar-refractivity contribution in [2.45, 2.75) is 32.4 Å². The van der Waals surface area contributed by atoms with Crippen LogP contribution in [0.5, 0.6) is 0 Å². The van der Waals surface area contributed by atoms with Crippen LogP contribution in [0.25, 0.3) is 10.9 Å². The fraction of sp³-hybridized carbons (Fsp3) is 0.304. The van der Waals surface area contributed by atoms with E-state index in [1.165, 1.54) is 10.9 Å². The molecule has 0 aliphatic carbocycles. The molecule has 5 heterocycles. The first-order valence-electron chi connectivity index (χ1n) is 10.7.